The summed E-state index contributed by atoms with van der Waals surface area (Å²) in [6.45, 7) is 12.2. The summed E-state index contributed by atoms with van der Waals surface area (Å²) in [6, 6.07) is 5.24. The van der Waals surface area contributed by atoms with E-state index in [1.54, 1.807) is 4.90 Å². The maximum absolute atomic E-state index is 13.5. The average molecular weight is 402 g/mol. The summed E-state index contributed by atoms with van der Waals surface area (Å²) in [5.74, 6) is 0.729. The number of likely N-dealkylation sites (tertiary alicyclic amines) is 1. The second-order valence-corrected chi connectivity index (χ2v) is 9.24. The van der Waals surface area contributed by atoms with Gasteiger partial charge in [-0.1, -0.05) is 25.5 Å². The number of hydrogen-bond acceptors (Lipinski definition) is 4. The zero-order valence-corrected chi connectivity index (χ0v) is 18.6. The van der Waals surface area contributed by atoms with Gasteiger partial charge in [-0.2, -0.15) is 0 Å². The van der Waals surface area contributed by atoms with Gasteiger partial charge in [-0.05, 0) is 45.9 Å². The molecule has 0 radical (unpaired) electrons. The van der Waals surface area contributed by atoms with Crippen molar-refractivity contribution in [2.24, 2.45) is 5.92 Å². The molecule has 0 aromatic heterocycles. The summed E-state index contributed by atoms with van der Waals surface area (Å²) in [7, 11) is 2.10. The quantitative estimate of drug-likeness (QED) is 0.843. The lowest BCUT2D eigenvalue weighted by molar-refractivity contribution is -0.127. The van der Waals surface area contributed by atoms with E-state index in [4.69, 9.17) is 4.74 Å². The van der Waals surface area contributed by atoms with Gasteiger partial charge in [-0.3, -0.25) is 9.59 Å². The highest BCUT2D eigenvalue weighted by atomic mass is 16.5. The van der Waals surface area contributed by atoms with Crippen LogP contribution in [-0.4, -0.2) is 66.0 Å². The first kappa shape index (κ1) is 21.6. The molecule has 1 fully saturated rings. The number of piperidine rings is 1. The number of benzene rings is 1. The van der Waals surface area contributed by atoms with Gasteiger partial charge in [0, 0.05) is 32.0 Å². The van der Waals surface area contributed by atoms with Crippen LogP contribution < -0.4 is 10.1 Å². The van der Waals surface area contributed by atoms with E-state index in [1.807, 2.05) is 39.0 Å². The molecule has 2 heterocycles. The minimum atomic E-state index is -0.560. The van der Waals surface area contributed by atoms with Gasteiger partial charge < -0.3 is 19.9 Å². The van der Waals surface area contributed by atoms with Crippen LogP contribution in [0.15, 0.2) is 18.2 Å². The standard InChI is InChI=1S/C23H35N3O3/c1-15(2)17(4)24-21(27)18(5)26-14-23(9-11-25(6)12-10-23)29-20-8-7-16(3)13-19(20)22(26)28/h7-8,13,15,17-18H,9-12,14H2,1-6H3,(H,24,27)/t17-,18-/m0/s1. The number of aryl methyl sites for hydroxylation is 1. The van der Waals surface area contributed by atoms with E-state index in [1.165, 1.54) is 0 Å². The Hall–Kier alpha value is -2.08. The monoisotopic (exact) mass is 401 g/mol. The van der Waals surface area contributed by atoms with Crippen molar-refractivity contribution in [3.05, 3.63) is 29.3 Å². The van der Waals surface area contributed by atoms with Crippen molar-refractivity contribution in [1.29, 1.82) is 0 Å². The van der Waals surface area contributed by atoms with E-state index < -0.39 is 11.6 Å². The van der Waals surface area contributed by atoms with Gasteiger partial charge in [0.15, 0.2) is 0 Å². The smallest absolute Gasteiger partial charge is 0.258 e. The highest BCUT2D eigenvalue weighted by molar-refractivity contribution is 6.00. The molecule has 1 aromatic rings. The second-order valence-electron chi connectivity index (χ2n) is 9.24. The van der Waals surface area contributed by atoms with Gasteiger partial charge in [0.1, 0.15) is 17.4 Å². The average Bonchev–Trinajstić information content (AvgIpc) is 2.79. The Balaban J connectivity index is 1.94. The summed E-state index contributed by atoms with van der Waals surface area (Å²) >= 11 is 0. The molecule has 6 nitrogen and oxygen atoms in total. The fourth-order valence-corrected chi connectivity index (χ4v) is 3.95. The SMILES string of the molecule is Cc1ccc2c(c1)C(=O)N([C@@H](C)C(=O)N[C@@H](C)C(C)C)CC1(CCN(C)CC1)O2. The third-order valence-electron chi connectivity index (χ3n) is 6.53. The van der Waals surface area contributed by atoms with Crippen LogP contribution >= 0.6 is 0 Å². The number of nitrogens with one attached hydrogen (secondary N) is 1. The first-order valence-corrected chi connectivity index (χ1v) is 10.7. The first-order chi connectivity index (χ1) is 13.6. The van der Waals surface area contributed by atoms with Gasteiger partial charge in [0.25, 0.3) is 5.91 Å². The van der Waals surface area contributed by atoms with E-state index in [2.05, 4.69) is 31.1 Å². The van der Waals surface area contributed by atoms with E-state index in [0.29, 0.717) is 23.8 Å². The van der Waals surface area contributed by atoms with Crippen molar-refractivity contribution in [2.45, 2.75) is 65.1 Å². The van der Waals surface area contributed by atoms with Crippen LogP contribution in [0, 0.1) is 12.8 Å². The Morgan fingerprint density at radius 1 is 1.17 bits per heavy atom. The minimum absolute atomic E-state index is 0.0510. The van der Waals surface area contributed by atoms with Crippen molar-refractivity contribution < 1.29 is 14.3 Å². The molecule has 2 aliphatic heterocycles. The first-order valence-electron chi connectivity index (χ1n) is 10.7. The van der Waals surface area contributed by atoms with Crippen LogP contribution in [0.25, 0.3) is 0 Å². The van der Waals surface area contributed by atoms with E-state index in [9.17, 15) is 9.59 Å². The molecule has 3 rings (SSSR count). The Bertz CT molecular complexity index is 769. The molecule has 1 aromatic carbocycles. The van der Waals surface area contributed by atoms with E-state index in [-0.39, 0.29) is 17.9 Å². The second kappa shape index (κ2) is 8.34. The van der Waals surface area contributed by atoms with Crippen LogP contribution in [-0.2, 0) is 4.79 Å². The number of carbonyl (C=O) groups is 2. The molecule has 160 valence electrons. The van der Waals surface area contributed by atoms with E-state index >= 15 is 0 Å². The van der Waals surface area contributed by atoms with Gasteiger partial charge in [-0.25, -0.2) is 0 Å². The number of rotatable bonds is 4. The zero-order chi connectivity index (χ0) is 21.3. The summed E-state index contributed by atoms with van der Waals surface area (Å²) in [4.78, 5) is 30.5. The highest BCUT2D eigenvalue weighted by Crippen LogP contribution is 2.36. The summed E-state index contributed by atoms with van der Waals surface area (Å²) in [5.41, 5.74) is 1.10. The molecule has 0 aliphatic carbocycles. The molecule has 0 unspecified atom stereocenters. The lowest BCUT2D eigenvalue weighted by Crippen LogP contribution is -2.58. The van der Waals surface area contributed by atoms with Gasteiger partial charge in [0.05, 0.1) is 12.1 Å². The molecule has 2 atom stereocenters. The Kier molecular flexibility index (Phi) is 6.22. The number of fused-ring (bicyclic) bond motifs is 1. The van der Waals surface area contributed by atoms with Crippen molar-refractivity contribution in [2.75, 3.05) is 26.7 Å². The maximum atomic E-state index is 13.5. The van der Waals surface area contributed by atoms with Crippen LogP contribution in [0.1, 0.15) is 56.5 Å². The van der Waals surface area contributed by atoms with Crippen LogP contribution in [0.5, 0.6) is 5.75 Å². The third kappa shape index (κ3) is 4.58. The van der Waals surface area contributed by atoms with Crippen molar-refractivity contribution in [1.82, 2.24) is 15.1 Å². The van der Waals surface area contributed by atoms with Crippen molar-refractivity contribution in [3.8, 4) is 5.75 Å². The summed E-state index contributed by atoms with van der Waals surface area (Å²) < 4.78 is 6.52. The number of nitrogens with zero attached hydrogens (tertiary/aromatic N) is 2. The summed E-state index contributed by atoms with van der Waals surface area (Å²) in [5, 5.41) is 3.07. The van der Waals surface area contributed by atoms with Crippen molar-refractivity contribution >= 4 is 11.8 Å². The molecular weight excluding hydrogens is 366 g/mol. The molecule has 2 aliphatic rings. The normalized spacial score (nSPS) is 21.3. The highest BCUT2D eigenvalue weighted by Gasteiger charge is 2.44. The Morgan fingerprint density at radius 3 is 2.45 bits per heavy atom. The molecule has 6 heteroatoms. The number of ether oxygens (including phenoxy) is 1. The zero-order valence-electron chi connectivity index (χ0n) is 18.6. The molecule has 0 saturated carbocycles. The predicted molar refractivity (Wildman–Crippen MR) is 114 cm³/mol. The lowest BCUT2D eigenvalue weighted by Gasteiger charge is -2.42. The van der Waals surface area contributed by atoms with Crippen LogP contribution in [0.3, 0.4) is 0 Å². The Labute approximate surface area is 174 Å². The molecule has 2 amide bonds. The van der Waals surface area contributed by atoms with Gasteiger partial charge in [-0.15, -0.1) is 0 Å². The molecule has 1 saturated heterocycles. The molecule has 29 heavy (non-hydrogen) atoms. The third-order valence-corrected chi connectivity index (χ3v) is 6.53. The Morgan fingerprint density at radius 2 is 1.83 bits per heavy atom. The molecular formula is C23H35N3O3. The van der Waals surface area contributed by atoms with E-state index in [0.717, 1.165) is 31.5 Å². The van der Waals surface area contributed by atoms with Crippen molar-refractivity contribution in [3.63, 3.8) is 0 Å². The minimum Gasteiger partial charge on any atom is -0.484 e. The molecule has 1 N–H and O–H groups in total. The van der Waals surface area contributed by atoms with Crippen LogP contribution in [0.4, 0.5) is 0 Å². The molecule has 0 bridgehead atoms. The topological polar surface area (TPSA) is 61.9 Å². The number of hydrogen-bond donors (Lipinski definition) is 1. The largest absolute Gasteiger partial charge is 0.484 e. The summed E-state index contributed by atoms with van der Waals surface area (Å²) in [6.07, 6.45) is 1.66. The predicted octanol–water partition coefficient (Wildman–Crippen LogP) is 2.84. The van der Waals surface area contributed by atoms with Gasteiger partial charge >= 0.3 is 0 Å². The molecule has 1 spiro atoms. The fourth-order valence-electron chi connectivity index (χ4n) is 3.95. The fraction of sp³-hybridized carbons (Fsp3) is 0.652. The number of amides is 2. The lowest BCUT2D eigenvalue weighted by atomic mass is 9.90. The van der Waals surface area contributed by atoms with Gasteiger partial charge in [0.2, 0.25) is 5.91 Å². The number of carbonyl (C=O) groups excluding carboxylic acids is 2. The van der Waals surface area contributed by atoms with Crippen LogP contribution in [0.2, 0.25) is 0 Å². The maximum Gasteiger partial charge on any atom is 0.258 e.